The standard InChI is InChI=1S/C26H28N4O5/c1-3-8-16(24(31)28-22-14-30(2)29-23(22)25(32)33)13-27-26(34)35-15-21-19-11-6-4-9-17(19)18-10-5-7-12-20(18)21/h4-7,9-12,14,16,21H,3,8,13,15H2,1-2H3,(H,27,34)(H,28,31)(H,32,33). The second kappa shape index (κ2) is 10.4. The van der Waals surface area contributed by atoms with Gasteiger partial charge in [-0.15, -0.1) is 0 Å². The van der Waals surface area contributed by atoms with Crippen molar-refractivity contribution in [1.29, 1.82) is 0 Å². The SMILES string of the molecule is CCCC(CNC(=O)OCC1c2ccccc2-c2ccccc21)C(=O)Nc1cn(C)nc1C(=O)O. The van der Waals surface area contributed by atoms with Crippen LogP contribution in [0.2, 0.25) is 0 Å². The summed E-state index contributed by atoms with van der Waals surface area (Å²) >= 11 is 0. The van der Waals surface area contributed by atoms with Crippen LogP contribution < -0.4 is 10.6 Å². The monoisotopic (exact) mass is 476 g/mol. The van der Waals surface area contributed by atoms with Crippen molar-refractivity contribution in [1.82, 2.24) is 15.1 Å². The zero-order chi connectivity index (χ0) is 24.9. The molecule has 1 aliphatic carbocycles. The summed E-state index contributed by atoms with van der Waals surface area (Å²) in [4.78, 5) is 36.7. The van der Waals surface area contributed by atoms with Crippen LogP contribution in [0.15, 0.2) is 54.7 Å². The summed E-state index contributed by atoms with van der Waals surface area (Å²) in [5, 5.41) is 18.4. The summed E-state index contributed by atoms with van der Waals surface area (Å²) in [6.07, 6.45) is 2.05. The Kier molecular flexibility index (Phi) is 7.14. The van der Waals surface area contributed by atoms with Gasteiger partial charge in [0.05, 0.1) is 11.6 Å². The number of aryl methyl sites for hydroxylation is 1. The molecule has 0 saturated heterocycles. The van der Waals surface area contributed by atoms with E-state index in [-0.39, 0.29) is 36.4 Å². The molecular weight excluding hydrogens is 448 g/mol. The fourth-order valence-electron chi connectivity index (χ4n) is 4.50. The predicted molar refractivity (Wildman–Crippen MR) is 130 cm³/mol. The van der Waals surface area contributed by atoms with Gasteiger partial charge >= 0.3 is 12.1 Å². The molecule has 1 unspecified atom stereocenters. The van der Waals surface area contributed by atoms with Crippen molar-refractivity contribution < 1.29 is 24.2 Å². The van der Waals surface area contributed by atoms with Crippen LogP contribution in [-0.2, 0) is 16.6 Å². The van der Waals surface area contributed by atoms with Gasteiger partial charge in [-0.3, -0.25) is 9.48 Å². The van der Waals surface area contributed by atoms with Crippen molar-refractivity contribution in [2.24, 2.45) is 13.0 Å². The van der Waals surface area contributed by atoms with Crippen molar-refractivity contribution in [3.63, 3.8) is 0 Å². The maximum atomic E-state index is 12.8. The molecule has 3 N–H and O–H groups in total. The number of carbonyl (C=O) groups excluding carboxylic acids is 2. The molecule has 1 atom stereocenters. The molecule has 182 valence electrons. The molecule has 4 rings (SSSR count). The molecule has 3 aromatic rings. The molecule has 35 heavy (non-hydrogen) atoms. The van der Waals surface area contributed by atoms with Gasteiger partial charge in [0.25, 0.3) is 0 Å². The normalized spacial score (nSPS) is 13.0. The number of carboxylic acids is 1. The van der Waals surface area contributed by atoms with E-state index in [1.165, 1.54) is 10.9 Å². The second-order valence-corrected chi connectivity index (χ2v) is 8.55. The first-order valence-electron chi connectivity index (χ1n) is 11.6. The molecule has 1 heterocycles. The van der Waals surface area contributed by atoms with E-state index in [4.69, 9.17) is 4.74 Å². The lowest BCUT2D eigenvalue weighted by atomic mass is 9.98. The lowest BCUT2D eigenvalue weighted by Gasteiger charge is -2.18. The van der Waals surface area contributed by atoms with Gasteiger partial charge in [-0.2, -0.15) is 5.10 Å². The minimum absolute atomic E-state index is 0.0529. The average Bonchev–Trinajstić information content (AvgIpc) is 3.37. The number of alkyl carbamates (subject to hydrolysis) is 1. The number of anilines is 1. The molecule has 0 bridgehead atoms. The van der Waals surface area contributed by atoms with Crippen molar-refractivity contribution in [2.45, 2.75) is 25.7 Å². The predicted octanol–water partition coefficient (Wildman–Crippen LogP) is 4.01. The highest BCUT2D eigenvalue weighted by Crippen LogP contribution is 2.44. The molecule has 0 spiro atoms. The van der Waals surface area contributed by atoms with E-state index in [1.807, 2.05) is 43.3 Å². The Labute approximate surface area is 203 Å². The number of hydrogen-bond donors (Lipinski definition) is 3. The number of amides is 2. The van der Waals surface area contributed by atoms with Crippen LogP contribution in [0.3, 0.4) is 0 Å². The number of carbonyl (C=O) groups is 3. The molecule has 9 nitrogen and oxygen atoms in total. The third kappa shape index (κ3) is 5.18. The highest BCUT2D eigenvalue weighted by Gasteiger charge is 2.29. The molecule has 1 aliphatic rings. The summed E-state index contributed by atoms with van der Waals surface area (Å²) in [6.45, 7) is 2.18. The number of hydrogen-bond acceptors (Lipinski definition) is 5. The minimum atomic E-state index is -1.23. The molecule has 0 fully saturated rings. The van der Waals surface area contributed by atoms with Crippen LogP contribution in [0, 0.1) is 5.92 Å². The molecule has 2 amide bonds. The Balaban J connectivity index is 1.36. The molecule has 1 aromatic heterocycles. The number of aromatic carboxylic acids is 1. The molecule has 9 heteroatoms. The number of benzene rings is 2. The number of rotatable bonds is 9. The summed E-state index contributed by atoms with van der Waals surface area (Å²) in [5.74, 6) is -2.23. The van der Waals surface area contributed by atoms with E-state index >= 15 is 0 Å². The zero-order valence-electron chi connectivity index (χ0n) is 19.7. The Morgan fingerprint density at radius 2 is 1.71 bits per heavy atom. The van der Waals surface area contributed by atoms with Crippen LogP contribution in [0.4, 0.5) is 10.5 Å². The van der Waals surface area contributed by atoms with Gasteiger partial charge < -0.3 is 20.5 Å². The second-order valence-electron chi connectivity index (χ2n) is 8.55. The average molecular weight is 477 g/mol. The number of nitrogens with one attached hydrogen (secondary N) is 2. The van der Waals surface area contributed by atoms with E-state index in [2.05, 4.69) is 27.9 Å². The third-order valence-corrected chi connectivity index (χ3v) is 6.13. The van der Waals surface area contributed by atoms with Crippen molar-refractivity contribution >= 4 is 23.7 Å². The van der Waals surface area contributed by atoms with Crippen molar-refractivity contribution in [2.75, 3.05) is 18.5 Å². The van der Waals surface area contributed by atoms with Crippen LogP contribution in [0.5, 0.6) is 0 Å². The Morgan fingerprint density at radius 3 is 2.31 bits per heavy atom. The van der Waals surface area contributed by atoms with Gasteiger partial charge in [0.1, 0.15) is 6.61 Å². The minimum Gasteiger partial charge on any atom is -0.476 e. The highest BCUT2D eigenvalue weighted by molar-refractivity contribution is 6.00. The van der Waals surface area contributed by atoms with E-state index in [1.54, 1.807) is 7.05 Å². The zero-order valence-corrected chi connectivity index (χ0v) is 19.7. The first-order chi connectivity index (χ1) is 16.9. The van der Waals surface area contributed by atoms with E-state index in [0.29, 0.717) is 12.8 Å². The molecule has 0 radical (unpaired) electrons. The number of aromatic nitrogens is 2. The lowest BCUT2D eigenvalue weighted by Crippen LogP contribution is -2.36. The van der Waals surface area contributed by atoms with Crippen LogP contribution >= 0.6 is 0 Å². The van der Waals surface area contributed by atoms with Crippen LogP contribution in [0.1, 0.15) is 47.3 Å². The number of carboxylic acid groups (broad SMARTS) is 1. The molecular formula is C26H28N4O5. The number of fused-ring (bicyclic) bond motifs is 3. The van der Waals surface area contributed by atoms with Gasteiger partial charge in [0.2, 0.25) is 5.91 Å². The smallest absolute Gasteiger partial charge is 0.407 e. The largest absolute Gasteiger partial charge is 0.476 e. The van der Waals surface area contributed by atoms with Gasteiger partial charge in [0.15, 0.2) is 5.69 Å². The van der Waals surface area contributed by atoms with Crippen molar-refractivity contribution in [3.8, 4) is 11.1 Å². The maximum Gasteiger partial charge on any atom is 0.407 e. The summed E-state index contributed by atoms with van der Waals surface area (Å²) < 4.78 is 6.87. The van der Waals surface area contributed by atoms with E-state index < -0.39 is 18.0 Å². The summed E-state index contributed by atoms with van der Waals surface area (Å²) in [5.41, 5.74) is 4.42. The quantitative estimate of drug-likeness (QED) is 0.429. The summed E-state index contributed by atoms with van der Waals surface area (Å²) in [6, 6.07) is 16.2. The first kappa shape index (κ1) is 24.0. The van der Waals surface area contributed by atoms with Gasteiger partial charge in [-0.05, 0) is 28.7 Å². The fourth-order valence-corrected chi connectivity index (χ4v) is 4.50. The molecule has 0 saturated carbocycles. The number of ether oxygens (including phenoxy) is 1. The van der Waals surface area contributed by atoms with E-state index in [0.717, 1.165) is 22.3 Å². The first-order valence-corrected chi connectivity index (χ1v) is 11.6. The Morgan fingerprint density at radius 1 is 1.09 bits per heavy atom. The van der Waals surface area contributed by atoms with Gasteiger partial charge in [0, 0.05) is 25.7 Å². The topological polar surface area (TPSA) is 123 Å². The fraction of sp³-hybridized carbons (Fsp3) is 0.308. The summed E-state index contributed by atoms with van der Waals surface area (Å²) in [7, 11) is 1.57. The third-order valence-electron chi connectivity index (χ3n) is 6.13. The highest BCUT2D eigenvalue weighted by atomic mass is 16.5. The van der Waals surface area contributed by atoms with Crippen LogP contribution in [-0.4, -0.2) is 46.0 Å². The Bertz CT molecular complexity index is 1210. The number of nitrogens with zero attached hydrogens (tertiary/aromatic N) is 2. The van der Waals surface area contributed by atoms with Crippen molar-refractivity contribution in [3.05, 3.63) is 71.5 Å². The molecule has 0 aliphatic heterocycles. The van der Waals surface area contributed by atoms with Crippen LogP contribution in [0.25, 0.3) is 11.1 Å². The lowest BCUT2D eigenvalue weighted by molar-refractivity contribution is -0.119. The molecule has 2 aromatic carbocycles. The Hall–Kier alpha value is -4.14. The van der Waals surface area contributed by atoms with Gasteiger partial charge in [-0.25, -0.2) is 9.59 Å². The maximum absolute atomic E-state index is 12.8. The van der Waals surface area contributed by atoms with Gasteiger partial charge in [-0.1, -0.05) is 61.9 Å². The van der Waals surface area contributed by atoms with E-state index in [9.17, 15) is 19.5 Å².